The lowest BCUT2D eigenvalue weighted by molar-refractivity contribution is 0.460. The van der Waals surface area contributed by atoms with E-state index in [1.54, 1.807) is 6.07 Å². The fourth-order valence-corrected chi connectivity index (χ4v) is 1.79. The third-order valence-corrected chi connectivity index (χ3v) is 3.62. The van der Waals surface area contributed by atoms with Crippen LogP contribution in [0, 0.1) is 5.82 Å². The molecule has 3 heteroatoms. The first kappa shape index (κ1) is 14.0. The maximum Gasteiger partial charge on any atom is 0.146 e. The van der Waals surface area contributed by atoms with Crippen LogP contribution in [0.2, 0.25) is 0 Å². The molecule has 1 atom stereocenters. The predicted molar refractivity (Wildman–Crippen MR) is 71.8 cm³/mol. The van der Waals surface area contributed by atoms with E-state index < -0.39 is 0 Å². The van der Waals surface area contributed by atoms with Crippen molar-refractivity contribution in [1.82, 2.24) is 0 Å². The largest absolute Gasteiger partial charge is 0.367 e. The molecule has 0 fully saturated rings. The molecule has 0 bridgehead atoms. The van der Waals surface area contributed by atoms with Gasteiger partial charge < -0.3 is 10.6 Å². The van der Waals surface area contributed by atoms with Crippen LogP contribution in [0.4, 0.5) is 10.1 Å². The molecule has 0 spiro atoms. The minimum atomic E-state index is -0.205. The number of nitrogens with two attached hydrogens (primary N) is 1. The zero-order valence-corrected chi connectivity index (χ0v) is 11.4. The van der Waals surface area contributed by atoms with Crippen molar-refractivity contribution in [3.63, 3.8) is 0 Å². The number of hydrogen-bond donors (Lipinski definition) is 1. The lowest BCUT2D eigenvalue weighted by Crippen LogP contribution is -2.41. The normalized spacial score (nSPS) is 13.6. The van der Waals surface area contributed by atoms with Gasteiger partial charge in [0.2, 0.25) is 0 Å². The second-order valence-corrected chi connectivity index (χ2v) is 5.19. The molecule has 0 aliphatic carbocycles. The van der Waals surface area contributed by atoms with Crippen molar-refractivity contribution in [1.29, 1.82) is 0 Å². The van der Waals surface area contributed by atoms with Crippen molar-refractivity contribution >= 4 is 5.69 Å². The molecule has 17 heavy (non-hydrogen) atoms. The van der Waals surface area contributed by atoms with Crippen LogP contribution >= 0.6 is 0 Å². The van der Waals surface area contributed by atoms with Gasteiger partial charge in [-0.2, -0.15) is 0 Å². The van der Waals surface area contributed by atoms with Crippen LogP contribution in [-0.4, -0.2) is 12.6 Å². The summed E-state index contributed by atoms with van der Waals surface area (Å²) in [7, 11) is 1.92. The van der Waals surface area contributed by atoms with Crippen LogP contribution in [0.15, 0.2) is 18.2 Å². The summed E-state index contributed by atoms with van der Waals surface area (Å²) in [5.74, 6) is -0.205. The summed E-state index contributed by atoms with van der Waals surface area (Å²) >= 11 is 0. The van der Waals surface area contributed by atoms with E-state index in [4.69, 9.17) is 5.73 Å². The molecule has 0 aliphatic rings. The van der Waals surface area contributed by atoms with Crippen LogP contribution < -0.4 is 10.6 Å². The zero-order valence-electron chi connectivity index (χ0n) is 11.4. The summed E-state index contributed by atoms with van der Waals surface area (Å²) in [4.78, 5) is 1.99. The number of halogens is 1. The molecule has 0 aromatic heterocycles. The molecule has 1 aromatic carbocycles. The molecule has 0 aliphatic heterocycles. The Labute approximate surface area is 104 Å². The van der Waals surface area contributed by atoms with Crippen molar-refractivity contribution in [2.45, 2.75) is 45.7 Å². The van der Waals surface area contributed by atoms with E-state index in [-0.39, 0.29) is 17.4 Å². The fraction of sp³-hybridized carbons (Fsp3) is 0.571. The monoisotopic (exact) mass is 238 g/mol. The number of nitrogens with zero attached hydrogens (tertiary/aromatic N) is 1. The first-order chi connectivity index (χ1) is 7.81. The van der Waals surface area contributed by atoms with Crippen LogP contribution in [0.1, 0.15) is 45.7 Å². The van der Waals surface area contributed by atoms with E-state index >= 15 is 0 Å². The van der Waals surface area contributed by atoms with E-state index in [0.29, 0.717) is 5.69 Å². The lowest BCUT2D eigenvalue weighted by Gasteiger charge is -2.38. The zero-order chi connectivity index (χ0) is 13.2. The fourth-order valence-electron chi connectivity index (χ4n) is 1.79. The number of rotatable bonds is 4. The van der Waals surface area contributed by atoms with E-state index in [0.717, 1.165) is 12.0 Å². The Kier molecular flexibility index (Phi) is 4.15. The quantitative estimate of drug-likeness (QED) is 0.870. The second-order valence-electron chi connectivity index (χ2n) is 5.19. The van der Waals surface area contributed by atoms with Gasteiger partial charge in [0.1, 0.15) is 5.82 Å². The van der Waals surface area contributed by atoms with Gasteiger partial charge in [-0.3, -0.25) is 0 Å². The minimum Gasteiger partial charge on any atom is -0.367 e. The van der Waals surface area contributed by atoms with E-state index in [2.05, 4.69) is 20.8 Å². The molecule has 0 saturated carbocycles. The van der Waals surface area contributed by atoms with Gasteiger partial charge in [0.25, 0.3) is 0 Å². The molecule has 0 heterocycles. The maximum atomic E-state index is 14.0. The van der Waals surface area contributed by atoms with Crippen LogP contribution in [0.25, 0.3) is 0 Å². The van der Waals surface area contributed by atoms with Crippen molar-refractivity contribution in [2.75, 3.05) is 11.9 Å². The highest BCUT2D eigenvalue weighted by molar-refractivity contribution is 5.57. The number of anilines is 1. The Hall–Kier alpha value is -1.09. The highest BCUT2D eigenvalue weighted by Gasteiger charge is 2.26. The van der Waals surface area contributed by atoms with Crippen molar-refractivity contribution in [3.05, 3.63) is 29.6 Å². The van der Waals surface area contributed by atoms with Crippen LogP contribution in [0.3, 0.4) is 0 Å². The lowest BCUT2D eigenvalue weighted by atomic mass is 9.96. The molecule has 2 N–H and O–H groups in total. The Morgan fingerprint density at radius 3 is 2.47 bits per heavy atom. The third kappa shape index (κ3) is 2.78. The van der Waals surface area contributed by atoms with E-state index in [9.17, 15) is 4.39 Å². The summed E-state index contributed by atoms with van der Waals surface area (Å²) in [5.41, 5.74) is 7.30. The van der Waals surface area contributed by atoms with Crippen molar-refractivity contribution in [3.8, 4) is 0 Å². The van der Waals surface area contributed by atoms with Gasteiger partial charge in [0.15, 0.2) is 0 Å². The van der Waals surface area contributed by atoms with Crippen molar-refractivity contribution < 1.29 is 4.39 Å². The van der Waals surface area contributed by atoms with Gasteiger partial charge in [-0.1, -0.05) is 19.1 Å². The van der Waals surface area contributed by atoms with Gasteiger partial charge in [0.05, 0.1) is 5.69 Å². The SMILES string of the molecule is CCC(C)(C)N(C)c1c(F)cccc1[C@H](C)N. The highest BCUT2D eigenvalue weighted by Crippen LogP contribution is 2.32. The van der Waals surface area contributed by atoms with Crippen LogP contribution in [0.5, 0.6) is 0 Å². The summed E-state index contributed by atoms with van der Waals surface area (Å²) in [6.45, 7) is 8.18. The molecule has 0 amide bonds. The Bertz CT molecular complexity index is 386. The first-order valence-electron chi connectivity index (χ1n) is 6.09. The number of benzene rings is 1. The molecule has 2 nitrogen and oxygen atoms in total. The molecular weight excluding hydrogens is 215 g/mol. The van der Waals surface area contributed by atoms with Gasteiger partial charge in [0, 0.05) is 18.6 Å². The topological polar surface area (TPSA) is 29.3 Å². The Morgan fingerprint density at radius 1 is 1.41 bits per heavy atom. The van der Waals surface area contributed by atoms with Gasteiger partial charge in [-0.25, -0.2) is 4.39 Å². The van der Waals surface area contributed by atoms with Crippen molar-refractivity contribution in [2.24, 2.45) is 5.73 Å². The molecule has 1 rings (SSSR count). The Balaban J connectivity index is 3.29. The standard InChI is InChI=1S/C14H23FN2/c1-6-14(3,4)17(5)13-11(10(2)16)8-7-9-12(13)15/h7-10H,6,16H2,1-5H3/t10-/m0/s1. The van der Waals surface area contributed by atoms with E-state index in [1.165, 1.54) is 6.07 Å². The van der Waals surface area contributed by atoms with Gasteiger partial charge >= 0.3 is 0 Å². The molecule has 96 valence electrons. The molecule has 1 aromatic rings. The van der Waals surface area contributed by atoms with Gasteiger partial charge in [-0.05, 0) is 38.8 Å². The van der Waals surface area contributed by atoms with E-state index in [1.807, 2.05) is 24.9 Å². The third-order valence-electron chi connectivity index (χ3n) is 3.62. The minimum absolute atomic E-state index is 0.0914. The number of hydrogen-bond acceptors (Lipinski definition) is 2. The molecule has 0 saturated heterocycles. The molecule has 0 radical (unpaired) electrons. The predicted octanol–water partition coefficient (Wildman–Crippen LogP) is 3.47. The average molecular weight is 238 g/mol. The summed E-state index contributed by atoms with van der Waals surface area (Å²) in [6, 6.07) is 4.93. The summed E-state index contributed by atoms with van der Waals surface area (Å²) < 4.78 is 14.0. The Morgan fingerprint density at radius 2 is 2.00 bits per heavy atom. The average Bonchev–Trinajstić information content (AvgIpc) is 2.27. The van der Waals surface area contributed by atoms with Gasteiger partial charge in [-0.15, -0.1) is 0 Å². The second kappa shape index (κ2) is 5.05. The first-order valence-corrected chi connectivity index (χ1v) is 6.09. The summed E-state index contributed by atoms with van der Waals surface area (Å²) in [5, 5.41) is 0. The summed E-state index contributed by atoms with van der Waals surface area (Å²) in [6.07, 6.45) is 0.941. The molecular formula is C14H23FN2. The smallest absolute Gasteiger partial charge is 0.146 e. The number of para-hydroxylation sites is 1. The van der Waals surface area contributed by atoms with Crippen LogP contribution in [-0.2, 0) is 0 Å². The maximum absolute atomic E-state index is 14.0. The molecule has 0 unspecified atom stereocenters. The highest BCUT2D eigenvalue weighted by atomic mass is 19.1.